The molecule has 0 radical (unpaired) electrons. The number of hydrogen-bond acceptors (Lipinski definition) is 5. The first kappa shape index (κ1) is 20.4. The average molecular weight is 395 g/mol. The highest BCUT2D eigenvalue weighted by Gasteiger charge is 2.19. The first-order valence-electron chi connectivity index (χ1n) is 9.23. The van der Waals surface area contributed by atoms with Crippen molar-refractivity contribution in [3.8, 4) is 28.4 Å². The lowest BCUT2D eigenvalue weighted by atomic mass is 10.1. The molecule has 7 heteroatoms. The van der Waals surface area contributed by atoms with Gasteiger partial charge in [0.25, 0.3) is 5.56 Å². The summed E-state index contributed by atoms with van der Waals surface area (Å²) in [6.07, 6.45) is 0. The van der Waals surface area contributed by atoms with Crippen molar-refractivity contribution in [3.05, 3.63) is 64.4 Å². The fourth-order valence-electron chi connectivity index (χ4n) is 3.04. The average Bonchev–Trinajstić information content (AvgIpc) is 3.11. The van der Waals surface area contributed by atoms with E-state index in [1.807, 2.05) is 55.5 Å². The molecule has 0 spiro atoms. The van der Waals surface area contributed by atoms with Gasteiger partial charge in [0.1, 0.15) is 11.5 Å². The van der Waals surface area contributed by atoms with Crippen LogP contribution >= 0.6 is 0 Å². The predicted octanol–water partition coefficient (Wildman–Crippen LogP) is 3.31. The molecule has 0 unspecified atom stereocenters. The number of aromatic amines is 1. The minimum atomic E-state index is -0.167. The summed E-state index contributed by atoms with van der Waals surface area (Å²) in [5.74, 6) is 1.47. The summed E-state index contributed by atoms with van der Waals surface area (Å²) in [6.45, 7) is 2.81. The Morgan fingerprint density at radius 2 is 1.55 bits per heavy atom. The first-order valence-corrected chi connectivity index (χ1v) is 9.23. The van der Waals surface area contributed by atoms with Crippen LogP contribution in [0, 0.1) is 0 Å². The number of ether oxygens (including phenoxy) is 3. The van der Waals surface area contributed by atoms with Crippen LogP contribution in [0.3, 0.4) is 0 Å². The van der Waals surface area contributed by atoms with Crippen LogP contribution in [-0.2, 0) is 4.74 Å². The van der Waals surface area contributed by atoms with Crippen molar-refractivity contribution in [1.29, 1.82) is 0 Å². The second-order valence-corrected chi connectivity index (χ2v) is 6.39. The number of methoxy groups -OCH3 is 3. The standard InChI is InChI=1S/C22H25N3O4/c1-15(23-13-14-27-2)20-21(16-5-9-18(28-3)10-6-16)24-25(22(20)26)17-7-11-19(29-4)12-8-17/h5-12,24H,13-14H2,1-4H3. The third kappa shape index (κ3) is 4.41. The third-order valence-corrected chi connectivity index (χ3v) is 4.61. The Labute approximate surface area is 169 Å². The maximum absolute atomic E-state index is 13.3. The Morgan fingerprint density at radius 3 is 2.10 bits per heavy atom. The molecule has 7 nitrogen and oxygen atoms in total. The molecule has 0 bridgehead atoms. The Hall–Kier alpha value is -3.32. The van der Waals surface area contributed by atoms with Gasteiger partial charge in [-0.2, -0.15) is 0 Å². The van der Waals surface area contributed by atoms with E-state index in [4.69, 9.17) is 14.2 Å². The zero-order chi connectivity index (χ0) is 20.8. The Kier molecular flexibility index (Phi) is 6.51. The zero-order valence-corrected chi connectivity index (χ0v) is 17.1. The molecule has 1 heterocycles. The van der Waals surface area contributed by atoms with Crippen molar-refractivity contribution in [1.82, 2.24) is 9.78 Å². The highest BCUT2D eigenvalue weighted by atomic mass is 16.5. The van der Waals surface area contributed by atoms with Crippen LogP contribution in [0.5, 0.6) is 11.5 Å². The molecule has 1 aromatic heterocycles. The Balaban J connectivity index is 2.13. The third-order valence-electron chi connectivity index (χ3n) is 4.61. The lowest BCUT2D eigenvalue weighted by molar-refractivity contribution is 0.208. The van der Waals surface area contributed by atoms with Crippen LogP contribution in [0.4, 0.5) is 0 Å². The number of nitrogens with one attached hydrogen (secondary N) is 1. The van der Waals surface area contributed by atoms with Crippen LogP contribution in [-0.4, -0.2) is 50.0 Å². The summed E-state index contributed by atoms with van der Waals surface area (Å²) in [6, 6.07) is 14.8. The van der Waals surface area contributed by atoms with E-state index in [0.717, 1.165) is 17.1 Å². The summed E-state index contributed by atoms with van der Waals surface area (Å²) in [7, 11) is 4.85. The van der Waals surface area contributed by atoms with Crippen LogP contribution in [0.1, 0.15) is 12.5 Å². The van der Waals surface area contributed by atoms with E-state index >= 15 is 0 Å². The Morgan fingerprint density at radius 1 is 0.966 bits per heavy atom. The highest BCUT2D eigenvalue weighted by molar-refractivity contribution is 6.03. The molecule has 0 saturated carbocycles. The maximum atomic E-state index is 13.3. The molecule has 152 valence electrons. The number of rotatable bonds is 8. The zero-order valence-electron chi connectivity index (χ0n) is 17.1. The number of aromatic nitrogens is 2. The maximum Gasteiger partial charge on any atom is 0.280 e. The summed E-state index contributed by atoms with van der Waals surface area (Å²) in [4.78, 5) is 17.8. The summed E-state index contributed by atoms with van der Waals surface area (Å²) < 4.78 is 17.0. The van der Waals surface area contributed by atoms with Gasteiger partial charge in [0.2, 0.25) is 0 Å². The van der Waals surface area contributed by atoms with Gasteiger partial charge in [-0.15, -0.1) is 0 Å². The minimum absolute atomic E-state index is 0.167. The van der Waals surface area contributed by atoms with Crippen LogP contribution < -0.4 is 15.0 Å². The molecule has 0 aliphatic carbocycles. The highest BCUT2D eigenvalue weighted by Crippen LogP contribution is 2.24. The topological polar surface area (TPSA) is 77.8 Å². The number of benzene rings is 2. The van der Waals surface area contributed by atoms with Gasteiger partial charge in [-0.1, -0.05) is 0 Å². The summed E-state index contributed by atoms with van der Waals surface area (Å²) in [5.41, 5.74) is 3.29. The lowest BCUT2D eigenvalue weighted by Gasteiger charge is -2.05. The molecule has 0 amide bonds. The fourth-order valence-corrected chi connectivity index (χ4v) is 3.04. The molecule has 3 rings (SSSR count). The molecule has 2 aromatic carbocycles. The van der Waals surface area contributed by atoms with Crippen molar-refractivity contribution in [3.63, 3.8) is 0 Å². The van der Waals surface area contributed by atoms with Crippen LogP contribution in [0.25, 0.3) is 16.9 Å². The Bertz CT molecular complexity index is 1030. The smallest absolute Gasteiger partial charge is 0.280 e. The number of aliphatic imine (C=N–C) groups is 1. The van der Waals surface area contributed by atoms with Gasteiger partial charge in [-0.05, 0) is 55.5 Å². The predicted molar refractivity (Wildman–Crippen MR) is 114 cm³/mol. The van der Waals surface area contributed by atoms with Gasteiger partial charge >= 0.3 is 0 Å². The van der Waals surface area contributed by atoms with Gasteiger partial charge in [-0.25, -0.2) is 4.68 Å². The fraction of sp³-hybridized carbons (Fsp3) is 0.273. The van der Waals surface area contributed by atoms with E-state index in [-0.39, 0.29) is 5.56 Å². The van der Waals surface area contributed by atoms with Gasteiger partial charge in [0, 0.05) is 18.4 Å². The van der Waals surface area contributed by atoms with Gasteiger partial charge in [-0.3, -0.25) is 14.9 Å². The van der Waals surface area contributed by atoms with Crippen molar-refractivity contribution in [2.24, 2.45) is 4.99 Å². The quantitative estimate of drug-likeness (QED) is 0.469. The van der Waals surface area contributed by atoms with Gasteiger partial charge in [0.05, 0.1) is 44.3 Å². The van der Waals surface area contributed by atoms with Crippen LogP contribution in [0.15, 0.2) is 58.3 Å². The van der Waals surface area contributed by atoms with E-state index in [0.29, 0.717) is 35.8 Å². The summed E-state index contributed by atoms with van der Waals surface area (Å²) >= 11 is 0. The molecule has 0 atom stereocenters. The molecule has 0 aliphatic heterocycles. The monoisotopic (exact) mass is 395 g/mol. The molecule has 1 N–H and O–H groups in total. The van der Waals surface area contributed by atoms with Gasteiger partial charge in [0.15, 0.2) is 0 Å². The second-order valence-electron chi connectivity index (χ2n) is 6.39. The SMILES string of the molecule is COCCN=C(C)c1c(-c2ccc(OC)cc2)[nH]n(-c2ccc(OC)cc2)c1=O. The van der Waals surface area contributed by atoms with E-state index < -0.39 is 0 Å². The van der Waals surface area contributed by atoms with E-state index in [1.165, 1.54) is 4.68 Å². The number of H-pyrrole nitrogens is 1. The van der Waals surface area contributed by atoms with Gasteiger partial charge < -0.3 is 14.2 Å². The van der Waals surface area contributed by atoms with Crippen LogP contribution in [0.2, 0.25) is 0 Å². The van der Waals surface area contributed by atoms with Crippen molar-refractivity contribution < 1.29 is 14.2 Å². The number of nitrogens with zero attached hydrogens (tertiary/aromatic N) is 2. The van der Waals surface area contributed by atoms with Crippen molar-refractivity contribution in [2.75, 3.05) is 34.5 Å². The minimum Gasteiger partial charge on any atom is -0.497 e. The number of hydrogen-bond donors (Lipinski definition) is 1. The van der Waals surface area contributed by atoms with E-state index in [2.05, 4.69) is 10.1 Å². The van der Waals surface area contributed by atoms with Crippen molar-refractivity contribution >= 4 is 5.71 Å². The largest absolute Gasteiger partial charge is 0.497 e. The second kappa shape index (κ2) is 9.25. The molecule has 0 fully saturated rings. The molecule has 29 heavy (non-hydrogen) atoms. The molecule has 3 aromatic rings. The normalized spacial score (nSPS) is 11.5. The van der Waals surface area contributed by atoms with E-state index in [1.54, 1.807) is 21.3 Å². The van der Waals surface area contributed by atoms with E-state index in [9.17, 15) is 4.79 Å². The summed E-state index contributed by atoms with van der Waals surface area (Å²) in [5, 5.41) is 3.24. The molecular formula is C22H25N3O4. The molecule has 0 saturated heterocycles. The lowest BCUT2D eigenvalue weighted by Crippen LogP contribution is -2.20. The molecular weight excluding hydrogens is 370 g/mol. The molecule has 0 aliphatic rings. The van der Waals surface area contributed by atoms with Crippen molar-refractivity contribution in [2.45, 2.75) is 6.92 Å². The first-order chi connectivity index (χ1) is 14.1.